The maximum Gasteiger partial charge on any atom is 0.251 e. The van der Waals surface area contributed by atoms with Crippen molar-refractivity contribution in [2.24, 2.45) is 0 Å². The normalized spacial score (nSPS) is 20.1. The first-order valence-corrected chi connectivity index (χ1v) is 13.0. The van der Waals surface area contributed by atoms with Crippen LogP contribution in [0.2, 0.25) is 0 Å². The molecular weight excluding hydrogens is 434 g/mol. The molecule has 176 valence electrons. The molecule has 0 radical (unpaired) electrons. The van der Waals surface area contributed by atoms with Gasteiger partial charge in [-0.05, 0) is 44.2 Å². The van der Waals surface area contributed by atoms with Crippen LogP contribution in [-0.2, 0) is 10.0 Å². The molecule has 1 N–H and O–H groups in total. The van der Waals surface area contributed by atoms with Gasteiger partial charge in [-0.3, -0.25) is 9.69 Å². The van der Waals surface area contributed by atoms with Crippen LogP contribution in [-0.4, -0.2) is 67.5 Å². The number of sulfonamides is 1. The highest BCUT2D eigenvalue weighted by Crippen LogP contribution is 2.34. The van der Waals surface area contributed by atoms with Crippen molar-refractivity contribution in [3.63, 3.8) is 0 Å². The van der Waals surface area contributed by atoms with Gasteiger partial charge in [-0.25, -0.2) is 8.42 Å². The van der Waals surface area contributed by atoms with Gasteiger partial charge >= 0.3 is 0 Å². The molecule has 8 heteroatoms. The van der Waals surface area contributed by atoms with Gasteiger partial charge in [0.25, 0.3) is 5.91 Å². The van der Waals surface area contributed by atoms with Crippen molar-refractivity contribution in [2.45, 2.75) is 64.8 Å². The fourth-order valence-electron chi connectivity index (χ4n) is 5.15. The van der Waals surface area contributed by atoms with E-state index in [9.17, 15) is 13.2 Å². The third-order valence-electron chi connectivity index (χ3n) is 6.84. The predicted octanol–water partition coefficient (Wildman–Crippen LogP) is 3.52. The number of aryl methyl sites for hydroxylation is 2. The van der Waals surface area contributed by atoms with E-state index in [1.54, 1.807) is 4.31 Å². The molecular formula is C23H38ClN3O3S. The van der Waals surface area contributed by atoms with Gasteiger partial charge in [-0.15, -0.1) is 12.4 Å². The van der Waals surface area contributed by atoms with Crippen LogP contribution in [0.5, 0.6) is 0 Å². The molecule has 1 aromatic carbocycles. The summed E-state index contributed by atoms with van der Waals surface area (Å²) >= 11 is 0. The van der Waals surface area contributed by atoms with Crippen molar-refractivity contribution >= 4 is 28.3 Å². The Morgan fingerprint density at radius 3 is 2.16 bits per heavy atom. The first-order chi connectivity index (χ1) is 14.3. The van der Waals surface area contributed by atoms with E-state index in [1.165, 1.54) is 6.42 Å². The minimum Gasteiger partial charge on any atom is -0.350 e. The number of carbonyl (C=O) groups excluding carboxylic acids is 1. The maximum absolute atomic E-state index is 13.0. The summed E-state index contributed by atoms with van der Waals surface area (Å²) in [6.07, 6.45) is 6.32. The zero-order valence-electron chi connectivity index (χ0n) is 19.2. The lowest BCUT2D eigenvalue weighted by Gasteiger charge is -2.49. The Balaban J connectivity index is 0.00000341. The van der Waals surface area contributed by atoms with Crippen LogP contribution in [0.4, 0.5) is 0 Å². The van der Waals surface area contributed by atoms with Crippen LogP contribution in [0.3, 0.4) is 0 Å². The first-order valence-electron chi connectivity index (χ1n) is 11.4. The van der Waals surface area contributed by atoms with Gasteiger partial charge in [0.2, 0.25) is 10.0 Å². The number of amides is 1. The van der Waals surface area contributed by atoms with Crippen LogP contribution in [0.15, 0.2) is 18.2 Å². The fraction of sp³-hybridized carbons (Fsp3) is 0.696. The van der Waals surface area contributed by atoms with E-state index in [0.29, 0.717) is 26.1 Å². The lowest BCUT2D eigenvalue weighted by Crippen LogP contribution is -2.62. The van der Waals surface area contributed by atoms with Crippen LogP contribution in [0, 0.1) is 13.8 Å². The van der Waals surface area contributed by atoms with Crippen molar-refractivity contribution in [3.8, 4) is 0 Å². The van der Waals surface area contributed by atoms with Gasteiger partial charge in [0.15, 0.2) is 0 Å². The Hall–Kier alpha value is -1.15. The molecule has 1 amide bonds. The third kappa shape index (κ3) is 6.01. The van der Waals surface area contributed by atoms with E-state index in [0.717, 1.165) is 55.5 Å². The van der Waals surface area contributed by atoms with Gasteiger partial charge in [-0.1, -0.05) is 44.4 Å². The number of benzene rings is 1. The molecule has 1 aromatic rings. The summed E-state index contributed by atoms with van der Waals surface area (Å²) in [5.41, 5.74) is 2.71. The van der Waals surface area contributed by atoms with E-state index >= 15 is 0 Å². The summed E-state index contributed by atoms with van der Waals surface area (Å²) in [5.74, 6) is 0.226. The van der Waals surface area contributed by atoms with Gasteiger partial charge in [0, 0.05) is 43.8 Å². The second-order valence-corrected chi connectivity index (χ2v) is 11.0. The average molecular weight is 472 g/mol. The molecule has 1 aliphatic heterocycles. The largest absolute Gasteiger partial charge is 0.350 e. The SMILES string of the molecule is CCCS(=O)(=O)N1CCN(C2(CNC(=O)c3c(C)cccc3C)CCCCC2)CC1.Cl. The summed E-state index contributed by atoms with van der Waals surface area (Å²) in [5, 5.41) is 3.24. The maximum atomic E-state index is 13.0. The quantitative estimate of drug-likeness (QED) is 0.660. The number of hydrogen-bond donors (Lipinski definition) is 1. The molecule has 2 aliphatic rings. The highest BCUT2D eigenvalue weighted by atomic mass is 35.5. The summed E-state index contributed by atoms with van der Waals surface area (Å²) in [4.78, 5) is 15.4. The van der Waals surface area contributed by atoms with Crippen molar-refractivity contribution in [3.05, 3.63) is 34.9 Å². The Kier molecular flexibility index (Phi) is 9.37. The summed E-state index contributed by atoms with van der Waals surface area (Å²) in [6.45, 7) is 9.07. The van der Waals surface area contributed by atoms with E-state index in [1.807, 2.05) is 39.0 Å². The molecule has 1 heterocycles. The lowest BCUT2D eigenvalue weighted by atomic mass is 9.79. The topological polar surface area (TPSA) is 69.7 Å². The van der Waals surface area contributed by atoms with Crippen LogP contribution in [0.1, 0.15) is 66.9 Å². The average Bonchev–Trinajstić information content (AvgIpc) is 2.73. The van der Waals surface area contributed by atoms with E-state index in [4.69, 9.17) is 0 Å². The molecule has 2 fully saturated rings. The van der Waals surface area contributed by atoms with Crippen molar-refractivity contribution in [1.29, 1.82) is 0 Å². The molecule has 1 saturated carbocycles. The summed E-state index contributed by atoms with van der Waals surface area (Å²) < 4.78 is 26.5. The Bertz CT molecular complexity index is 825. The van der Waals surface area contributed by atoms with Gasteiger partial charge < -0.3 is 5.32 Å². The molecule has 1 saturated heterocycles. The molecule has 0 unspecified atom stereocenters. The lowest BCUT2D eigenvalue weighted by molar-refractivity contribution is 0.0240. The van der Waals surface area contributed by atoms with Crippen LogP contribution >= 0.6 is 12.4 Å². The highest BCUT2D eigenvalue weighted by Gasteiger charge is 2.41. The second-order valence-electron chi connectivity index (χ2n) is 8.94. The number of halogens is 1. The molecule has 0 atom stereocenters. The van der Waals surface area contributed by atoms with Crippen molar-refractivity contribution < 1.29 is 13.2 Å². The van der Waals surface area contributed by atoms with Crippen molar-refractivity contribution in [1.82, 2.24) is 14.5 Å². The number of carbonyl (C=O) groups is 1. The molecule has 0 spiro atoms. The Morgan fingerprint density at radius 2 is 1.61 bits per heavy atom. The summed E-state index contributed by atoms with van der Waals surface area (Å²) in [6, 6.07) is 5.94. The number of hydrogen-bond acceptors (Lipinski definition) is 4. The van der Waals surface area contributed by atoms with E-state index in [-0.39, 0.29) is 29.6 Å². The molecule has 31 heavy (non-hydrogen) atoms. The van der Waals surface area contributed by atoms with Crippen molar-refractivity contribution in [2.75, 3.05) is 38.5 Å². The third-order valence-corrected chi connectivity index (χ3v) is 8.91. The molecule has 0 bridgehead atoms. The molecule has 1 aliphatic carbocycles. The monoisotopic (exact) mass is 471 g/mol. The zero-order chi connectivity index (χ0) is 21.8. The zero-order valence-corrected chi connectivity index (χ0v) is 20.8. The second kappa shape index (κ2) is 11.1. The van der Waals surface area contributed by atoms with Crippen LogP contribution < -0.4 is 5.32 Å². The van der Waals surface area contributed by atoms with Crippen LogP contribution in [0.25, 0.3) is 0 Å². The summed E-state index contributed by atoms with van der Waals surface area (Å²) in [7, 11) is -3.14. The van der Waals surface area contributed by atoms with Gasteiger partial charge in [0.1, 0.15) is 0 Å². The minimum atomic E-state index is -3.14. The number of piperazine rings is 1. The van der Waals surface area contributed by atoms with Gasteiger partial charge in [0.05, 0.1) is 5.75 Å². The number of rotatable bonds is 7. The molecule has 3 rings (SSSR count). The highest BCUT2D eigenvalue weighted by molar-refractivity contribution is 7.89. The predicted molar refractivity (Wildman–Crippen MR) is 129 cm³/mol. The van der Waals surface area contributed by atoms with E-state index < -0.39 is 10.0 Å². The molecule has 0 aromatic heterocycles. The Morgan fingerprint density at radius 1 is 1.03 bits per heavy atom. The smallest absolute Gasteiger partial charge is 0.251 e. The van der Waals surface area contributed by atoms with Gasteiger partial charge in [-0.2, -0.15) is 4.31 Å². The number of nitrogens with one attached hydrogen (secondary N) is 1. The van der Waals surface area contributed by atoms with E-state index in [2.05, 4.69) is 10.2 Å². The first kappa shape index (κ1) is 26.1. The molecule has 6 nitrogen and oxygen atoms in total. The minimum absolute atomic E-state index is 0. The fourth-order valence-corrected chi connectivity index (χ4v) is 6.64. The standard InChI is InChI=1S/C23H37N3O3S.ClH/c1-4-17-30(28,29)26-15-13-25(14-16-26)23(11-6-5-7-12-23)18-24-22(27)21-19(2)9-8-10-20(21)3;/h8-10H,4-7,11-18H2,1-3H3,(H,24,27);1H. The number of nitrogens with zero attached hydrogens (tertiary/aromatic N) is 2. The Labute approximate surface area is 194 Å².